The van der Waals surface area contributed by atoms with Gasteiger partial charge < -0.3 is 5.32 Å². The fraction of sp³-hybridized carbons (Fsp3) is 0.600. The summed E-state index contributed by atoms with van der Waals surface area (Å²) in [5.41, 5.74) is 1.20. The van der Waals surface area contributed by atoms with Gasteiger partial charge in [0, 0.05) is 13.1 Å². The molecule has 0 bridgehead atoms. The molecule has 0 aromatic heterocycles. The third kappa shape index (κ3) is 2.50. The maximum absolute atomic E-state index is 12.7. The number of sulfonamides is 1. The van der Waals surface area contributed by atoms with Gasteiger partial charge in [-0.15, -0.1) is 0 Å². The topological polar surface area (TPSA) is 49.4 Å². The smallest absolute Gasteiger partial charge is 0.243 e. The molecule has 2 aliphatic heterocycles. The van der Waals surface area contributed by atoms with Crippen LogP contribution in [0.4, 0.5) is 0 Å². The van der Waals surface area contributed by atoms with Gasteiger partial charge in [-0.1, -0.05) is 12.1 Å². The Bertz CT molecular complexity index is 592. The summed E-state index contributed by atoms with van der Waals surface area (Å²) in [5, 5.41) is 3.36. The van der Waals surface area contributed by atoms with E-state index in [4.69, 9.17) is 0 Å². The molecule has 5 heteroatoms. The first-order chi connectivity index (χ1) is 9.52. The maximum atomic E-state index is 12.7. The van der Waals surface area contributed by atoms with E-state index in [0.29, 0.717) is 18.0 Å². The summed E-state index contributed by atoms with van der Waals surface area (Å²) >= 11 is 0. The third-order valence-corrected chi connectivity index (χ3v) is 6.54. The highest BCUT2D eigenvalue weighted by Crippen LogP contribution is 2.40. The zero-order valence-electron chi connectivity index (χ0n) is 11.9. The Balaban J connectivity index is 1.83. The molecule has 0 atom stereocenters. The second-order valence-electron chi connectivity index (χ2n) is 6.16. The number of nitrogens with zero attached hydrogens (tertiary/aromatic N) is 1. The van der Waals surface area contributed by atoms with Gasteiger partial charge in [0.05, 0.1) is 4.90 Å². The van der Waals surface area contributed by atoms with E-state index in [9.17, 15) is 8.42 Å². The summed E-state index contributed by atoms with van der Waals surface area (Å²) in [6.45, 7) is 5.30. The number of aryl methyl sites for hydroxylation is 1. The van der Waals surface area contributed by atoms with Crippen LogP contribution in [-0.4, -0.2) is 38.9 Å². The molecule has 0 amide bonds. The van der Waals surface area contributed by atoms with Gasteiger partial charge in [0.2, 0.25) is 10.0 Å². The summed E-state index contributed by atoms with van der Waals surface area (Å²) in [7, 11) is -3.32. The van der Waals surface area contributed by atoms with Crippen LogP contribution in [0.25, 0.3) is 0 Å². The minimum absolute atomic E-state index is 0.210. The molecule has 2 saturated heterocycles. The van der Waals surface area contributed by atoms with Crippen LogP contribution >= 0.6 is 0 Å². The lowest BCUT2D eigenvalue weighted by molar-refractivity contribution is 0.218. The predicted octanol–water partition coefficient (Wildman–Crippen LogP) is 1.76. The normalized spacial score (nSPS) is 23.2. The lowest BCUT2D eigenvalue weighted by Crippen LogP contribution is -2.39. The molecule has 1 aromatic rings. The van der Waals surface area contributed by atoms with Crippen LogP contribution in [0.3, 0.4) is 0 Å². The van der Waals surface area contributed by atoms with E-state index in [0.717, 1.165) is 37.9 Å². The quantitative estimate of drug-likeness (QED) is 0.904. The second kappa shape index (κ2) is 5.13. The Hall–Kier alpha value is -0.910. The van der Waals surface area contributed by atoms with E-state index < -0.39 is 10.0 Å². The third-order valence-electron chi connectivity index (χ3n) is 4.69. The molecule has 1 aromatic carbocycles. The van der Waals surface area contributed by atoms with Crippen molar-refractivity contribution in [2.45, 2.75) is 31.1 Å². The first-order valence-electron chi connectivity index (χ1n) is 7.30. The van der Waals surface area contributed by atoms with Gasteiger partial charge >= 0.3 is 0 Å². The van der Waals surface area contributed by atoms with E-state index >= 15 is 0 Å². The summed E-state index contributed by atoms with van der Waals surface area (Å²) in [6, 6.07) is 7.22. The van der Waals surface area contributed by atoms with Crippen molar-refractivity contribution in [2.24, 2.45) is 5.41 Å². The molecular weight excluding hydrogens is 272 g/mol. The molecule has 110 valence electrons. The minimum Gasteiger partial charge on any atom is -0.317 e. The van der Waals surface area contributed by atoms with Crippen molar-refractivity contribution in [3.8, 4) is 0 Å². The van der Waals surface area contributed by atoms with Crippen molar-refractivity contribution in [2.75, 3.05) is 26.2 Å². The highest BCUT2D eigenvalue weighted by molar-refractivity contribution is 7.89. The van der Waals surface area contributed by atoms with Gasteiger partial charge in [0.25, 0.3) is 0 Å². The zero-order chi connectivity index (χ0) is 14.2. The highest BCUT2D eigenvalue weighted by atomic mass is 32.2. The van der Waals surface area contributed by atoms with Crippen LogP contribution in [0.15, 0.2) is 29.2 Å². The second-order valence-corrected chi connectivity index (χ2v) is 8.09. The fourth-order valence-corrected chi connectivity index (χ4v) is 5.05. The van der Waals surface area contributed by atoms with E-state index in [1.807, 2.05) is 19.1 Å². The molecule has 0 aliphatic carbocycles. The Morgan fingerprint density at radius 1 is 1.20 bits per heavy atom. The zero-order valence-corrected chi connectivity index (χ0v) is 12.7. The number of rotatable bonds is 2. The monoisotopic (exact) mass is 294 g/mol. The van der Waals surface area contributed by atoms with Crippen molar-refractivity contribution in [3.05, 3.63) is 29.8 Å². The maximum Gasteiger partial charge on any atom is 0.243 e. The Labute approximate surface area is 121 Å². The molecule has 0 unspecified atom stereocenters. The van der Waals surface area contributed by atoms with E-state index in [-0.39, 0.29) is 5.41 Å². The van der Waals surface area contributed by atoms with Crippen molar-refractivity contribution in [3.63, 3.8) is 0 Å². The number of hydrogen-bond acceptors (Lipinski definition) is 3. The molecule has 3 rings (SSSR count). The molecule has 2 heterocycles. The van der Waals surface area contributed by atoms with Crippen molar-refractivity contribution >= 4 is 10.0 Å². The standard InChI is InChI=1S/C15H22N2O2S/c1-13-3-2-4-14(11-13)20(18,19)17-10-7-15(12-17)5-8-16-9-6-15/h2-4,11,16H,5-10,12H2,1H3. The molecule has 0 saturated carbocycles. The first kappa shape index (κ1) is 14.0. The molecule has 2 aliphatic rings. The van der Waals surface area contributed by atoms with Crippen LogP contribution in [-0.2, 0) is 10.0 Å². The fourth-order valence-electron chi connectivity index (χ4n) is 3.39. The van der Waals surface area contributed by atoms with Crippen molar-refractivity contribution < 1.29 is 8.42 Å². The molecule has 1 N–H and O–H groups in total. The van der Waals surface area contributed by atoms with Crippen LogP contribution in [0.1, 0.15) is 24.8 Å². The lowest BCUT2D eigenvalue weighted by Gasteiger charge is -2.33. The van der Waals surface area contributed by atoms with E-state index in [2.05, 4.69) is 5.32 Å². The highest BCUT2D eigenvalue weighted by Gasteiger charge is 2.43. The minimum atomic E-state index is -3.32. The molecule has 20 heavy (non-hydrogen) atoms. The largest absolute Gasteiger partial charge is 0.317 e. The summed E-state index contributed by atoms with van der Waals surface area (Å²) < 4.78 is 27.1. The number of hydrogen-bond donors (Lipinski definition) is 1. The van der Waals surface area contributed by atoms with Crippen LogP contribution in [0, 0.1) is 12.3 Å². The van der Waals surface area contributed by atoms with E-state index in [1.54, 1.807) is 16.4 Å². The van der Waals surface area contributed by atoms with Gasteiger partial charge in [-0.25, -0.2) is 8.42 Å². The average Bonchev–Trinajstić information content (AvgIpc) is 2.84. The average molecular weight is 294 g/mol. The first-order valence-corrected chi connectivity index (χ1v) is 8.74. The number of nitrogens with one attached hydrogen (secondary N) is 1. The summed E-state index contributed by atoms with van der Waals surface area (Å²) in [6.07, 6.45) is 3.18. The van der Waals surface area contributed by atoms with E-state index in [1.165, 1.54) is 0 Å². The van der Waals surface area contributed by atoms with Crippen LogP contribution in [0.5, 0.6) is 0 Å². The van der Waals surface area contributed by atoms with Gasteiger partial charge in [-0.05, 0) is 62.4 Å². The molecule has 1 spiro atoms. The molecule has 0 radical (unpaired) electrons. The molecule has 2 fully saturated rings. The van der Waals surface area contributed by atoms with Gasteiger partial charge in [-0.3, -0.25) is 0 Å². The molecular formula is C15H22N2O2S. The van der Waals surface area contributed by atoms with Crippen LogP contribution in [0.2, 0.25) is 0 Å². The Morgan fingerprint density at radius 3 is 2.65 bits per heavy atom. The van der Waals surface area contributed by atoms with Gasteiger partial charge in [-0.2, -0.15) is 4.31 Å². The SMILES string of the molecule is Cc1cccc(S(=O)(=O)N2CCC3(CCNCC3)C2)c1. The van der Waals surface area contributed by atoms with Crippen molar-refractivity contribution in [1.82, 2.24) is 9.62 Å². The Morgan fingerprint density at radius 2 is 1.95 bits per heavy atom. The summed E-state index contributed by atoms with van der Waals surface area (Å²) in [5.74, 6) is 0. The number of benzene rings is 1. The molecule has 4 nitrogen and oxygen atoms in total. The number of piperidine rings is 1. The predicted molar refractivity (Wildman–Crippen MR) is 79.1 cm³/mol. The lowest BCUT2D eigenvalue weighted by atomic mass is 9.78. The van der Waals surface area contributed by atoms with Crippen LogP contribution < -0.4 is 5.32 Å². The Kier molecular flexibility index (Phi) is 3.60. The van der Waals surface area contributed by atoms with Crippen molar-refractivity contribution in [1.29, 1.82) is 0 Å². The summed E-state index contributed by atoms with van der Waals surface area (Å²) in [4.78, 5) is 0.434. The van der Waals surface area contributed by atoms with Gasteiger partial charge in [0.1, 0.15) is 0 Å². The van der Waals surface area contributed by atoms with Gasteiger partial charge in [0.15, 0.2) is 0 Å².